The van der Waals surface area contributed by atoms with Crippen molar-refractivity contribution in [1.82, 2.24) is 10.3 Å². The van der Waals surface area contributed by atoms with E-state index in [4.69, 9.17) is 0 Å². The van der Waals surface area contributed by atoms with Gasteiger partial charge in [0.1, 0.15) is 6.54 Å². The van der Waals surface area contributed by atoms with Gasteiger partial charge in [-0.15, -0.1) is 0 Å². The van der Waals surface area contributed by atoms with Crippen LogP contribution < -0.4 is 5.32 Å². The van der Waals surface area contributed by atoms with Crippen molar-refractivity contribution >= 4 is 23.7 Å². The molecule has 0 atom stereocenters. The number of nitro groups is 1. The Hall–Kier alpha value is -2.77. The monoisotopic (exact) mass is 262 g/mol. The highest BCUT2D eigenvalue weighted by molar-refractivity contribution is 5.93. The lowest BCUT2D eigenvalue weighted by molar-refractivity contribution is -0.384. The molecule has 1 fully saturated rings. The van der Waals surface area contributed by atoms with E-state index in [1.165, 1.54) is 24.4 Å². The number of benzene rings is 1. The lowest BCUT2D eigenvalue weighted by Gasteiger charge is -2.21. The van der Waals surface area contributed by atoms with Crippen LogP contribution in [-0.4, -0.2) is 41.1 Å². The van der Waals surface area contributed by atoms with Crippen LogP contribution in [0, 0.1) is 10.1 Å². The number of amides is 2. The zero-order valence-corrected chi connectivity index (χ0v) is 9.78. The van der Waals surface area contributed by atoms with Gasteiger partial charge in [0, 0.05) is 17.7 Å². The number of hydrogen-bond donors (Lipinski definition) is 1. The predicted molar refractivity (Wildman–Crippen MR) is 65.4 cm³/mol. The molecule has 0 bridgehead atoms. The van der Waals surface area contributed by atoms with E-state index in [1.54, 1.807) is 6.07 Å². The molecule has 1 aromatic carbocycles. The number of nitrogens with zero attached hydrogens (tertiary/aromatic N) is 3. The summed E-state index contributed by atoms with van der Waals surface area (Å²) in [5, 5.41) is 17.9. The van der Waals surface area contributed by atoms with E-state index in [1.807, 2.05) is 0 Å². The number of nitrogens with one attached hydrogen (secondary N) is 1. The first kappa shape index (κ1) is 12.7. The van der Waals surface area contributed by atoms with E-state index in [0.717, 1.165) is 5.01 Å². The zero-order chi connectivity index (χ0) is 13.8. The molecule has 1 N–H and O–H groups in total. The van der Waals surface area contributed by atoms with Gasteiger partial charge in [0.15, 0.2) is 0 Å². The van der Waals surface area contributed by atoms with Crippen LogP contribution in [0.15, 0.2) is 29.4 Å². The van der Waals surface area contributed by atoms with Crippen molar-refractivity contribution in [2.45, 2.75) is 0 Å². The highest BCUT2D eigenvalue weighted by Gasteiger charge is 2.22. The lowest BCUT2D eigenvalue weighted by Crippen LogP contribution is -2.49. The third-order valence-corrected chi connectivity index (χ3v) is 2.45. The molecule has 1 aliphatic rings. The van der Waals surface area contributed by atoms with E-state index in [9.17, 15) is 19.7 Å². The maximum absolute atomic E-state index is 11.4. The molecule has 1 aromatic rings. The van der Waals surface area contributed by atoms with Gasteiger partial charge in [0.2, 0.25) is 5.91 Å². The minimum atomic E-state index is -0.517. The third-order valence-electron chi connectivity index (χ3n) is 2.45. The molecule has 0 unspecified atom stereocenters. The molecule has 2 rings (SSSR count). The molecule has 0 spiro atoms. The molecule has 0 saturated carbocycles. The normalized spacial score (nSPS) is 15.7. The summed E-state index contributed by atoms with van der Waals surface area (Å²) in [6, 6.07) is 5.82. The average Bonchev–Trinajstić information content (AvgIpc) is 2.40. The quantitative estimate of drug-likeness (QED) is 0.466. The molecule has 1 heterocycles. The van der Waals surface area contributed by atoms with Gasteiger partial charge in [0.25, 0.3) is 11.6 Å². The molecule has 0 aliphatic carbocycles. The van der Waals surface area contributed by atoms with Crippen molar-refractivity contribution in [3.8, 4) is 0 Å². The number of non-ortho nitro benzene ring substituents is 1. The van der Waals surface area contributed by atoms with Gasteiger partial charge < -0.3 is 5.32 Å². The molecule has 19 heavy (non-hydrogen) atoms. The zero-order valence-electron chi connectivity index (χ0n) is 9.78. The maximum Gasteiger partial charge on any atom is 0.270 e. The summed E-state index contributed by atoms with van der Waals surface area (Å²) < 4.78 is 0. The van der Waals surface area contributed by atoms with E-state index < -0.39 is 4.92 Å². The Morgan fingerprint density at radius 3 is 2.95 bits per heavy atom. The second kappa shape index (κ2) is 5.25. The van der Waals surface area contributed by atoms with Crippen molar-refractivity contribution in [2.24, 2.45) is 5.10 Å². The molecule has 0 aromatic heterocycles. The van der Waals surface area contributed by atoms with Gasteiger partial charge in [-0.05, 0) is 0 Å². The van der Waals surface area contributed by atoms with E-state index >= 15 is 0 Å². The van der Waals surface area contributed by atoms with Crippen LogP contribution >= 0.6 is 0 Å². The summed E-state index contributed by atoms with van der Waals surface area (Å²) in [6.45, 7) is -0.241. The van der Waals surface area contributed by atoms with Crippen LogP contribution in [0.25, 0.3) is 0 Å². The Morgan fingerprint density at radius 2 is 2.21 bits per heavy atom. The standard InChI is InChI=1S/C11H10N4O4/c16-10-7-14(11(17)6-12-10)13-5-8-2-1-3-9(4-8)15(18)19/h1-5H,6-7H2,(H,12,16). The van der Waals surface area contributed by atoms with Crippen molar-refractivity contribution in [2.75, 3.05) is 13.1 Å². The molecular weight excluding hydrogens is 252 g/mol. The fourth-order valence-corrected chi connectivity index (χ4v) is 1.51. The number of rotatable bonds is 3. The van der Waals surface area contributed by atoms with Gasteiger partial charge in [-0.3, -0.25) is 19.7 Å². The molecule has 1 saturated heterocycles. The summed E-state index contributed by atoms with van der Waals surface area (Å²) in [5.41, 5.74) is 0.416. The fraction of sp³-hybridized carbons (Fsp3) is 0.182. The molecule has 8 nitrogen and oxygen atoms in total. The van der Waals surface area contributed by atoms with E-state index in [2.05, 4.69) is 10.4 Å². The van der Waals surface area contributed by atoms with Crippen molar-refractivity contribution < 1.29 is 14.5 Å². The van der Waals surface area contributed by atoms with Gasteiger partial charge in [-0.1, -0.05) is 12.1 Å². The van der Waals surface area contributed by atoms with Gasteiger partial charge in [-0.2, -0.15) is 5.10 Å². The van der Waals surface area contributed by atoms with Crippen LogP contribution in [-0.2, 0) is 9.59 Å². The second-order valence-corrected chi connectivity index (χ2v) is 3.82. The van der Waals surface area contributed by atoms with Crippen molar-refractivity contribution in [3.05, 3.63) is 39.9 Å². The number of hydrazone groups is 1. The van der Waals surface area contributed by atoms with E-state index in [0.29, 0.717) is 5.56 Å². The van der Waals surface area contributed by atoms with Gasteiger partial charge in [0.05, 0.1) is 17.7 Å². The summed E-state index contributed by atoms with van der Waals surface area (Å²) in [4.78, 5) is 32.6. The molecule has 2 amide bonds. The van der Waals surface area contributed by atoms with Gasteiger partial charge >= 0.3 is 0 Å². The minimum Gasteiger partial charge on any atom is -0.345 e. The molecule has 1 aliphatic heterocycles. The SMILES string of the molecule is O=C1CN(N=Cc2cccc([N+](=O)[O-])c2)C(=O)CN1. The number of nitro benzene ring substituents is 1. The number of carbonyl (C=O) groups is 2. The third kappa shape index (κ3) is 3.12. The highest BCUT2D eigenvalue weighted by atomic mass is 16.6. The van der Waals surface area contributed by atoms with Gasteiger partial charge in [-0.25, -0.2) is 5.01 Å². The average molecular weight is 262 g/mol. The van der Waals surface area contributed by atoms with Crippen LogP contribution in [0.5, 0.6) is 0 Å². The van der Waals surface area contributed by atoms with Crippen LogP contribution in [0.3, 0.4) is 0 Å². The lowest BCUT2D eigenvalue weighted by atomic mass is 10.2. The first-order valence-electron chi connectivity index (χ1n) is 5.42. The van der Waals surface area contributed by atoms with Crippen LogP contribution in [0.1, 0.15) is 5.56 Å². The molecule has 8 heteroatoms. The highest BCUT2D eigenvalue weighted by Crippen LogP contribution is 2.11. The number of piperazine rings is 1. The smallest absolute Gasteiger partial charge is 0.270 e. The fourth-order valence-electron chi connectivity index (χ4n) is 1.51. The Morgan fingerprint density at radius 1 is 1.42 bits per heavy atom. The molecular formula is C11H10N4O4. The number of hydrogen-bond acceptors (Lipinski definition) is 5. The summed E-state index contributed by atoms with van der Waals surface area (Å²) in [6.07, 6.45) is 1.31. The van der Waals surface area contributed by atoms with Crippen LogP contribution in [0.2, 0.25) is 0 Å². The maximum atomic E-state index is 11.4. The Bertz CT molecular complexity index is 570. The Labute approximate surface area is 107 Å². The molecule has 98 valence electrons. The largest absolute Gasteiger partial charge is 0.345 e. The van der Waals surface area contributed by atoms with Crippen molar-refractivity contribution in [3.63, 3.8) is 0 Å². The molecule has 0 radical (unpaired) electrons. The second-order valence-electron chi connectivity index (χ2n) is 3.82. The van der Waals surface area contributed by atoms with Crippen molar-refractivity contribution in [1.29, 1.82) is 0 Å². The first-order valence-corrected chi connectivity index (χ1v) is 5.42. The first-order chi connectivity index (χ1) is 9.06. The Kier molecular flexibility index (Phi) is 3.51. The Balaban J connectivity index is 2.13. The number of carbonyl (C=O) groups excluding carboxylic acids is 2. The predicted octanol–water partition coefficient (Wildman–Crippen LogP) is -0.113. The summed E-state index contributed by atoms with van der Waals surface area (Å²) in [7, 11) is 0. The topological polar surface area (TPSA) is 105 Å². The van der Waals surface area contributed by atoms with Crippen LogP contribution in [0.4, 0.5) is 5.69 Å². The van der Waals surface area contributed by atoms with E-state index in [-0.39, 0.29) is 30.6 Å². The summed E-state index contributed by atoms with van der Waals surface area (Å²) >= 11 is 0. The minimum absolute atomic E-state index is 0.0633. The summed E-state index contributed by atoms with van der Waals surface area (Å²) in [5.74, 6) is -0.628.